The van der Waals surface area contributed by atoms with Gasteiger partial charge in [-0.3, -0.25) is 0 Å². The average Bonchev–Trinajstić information content (AvgIpc) is 2.56. The van der Waals surface area contributed by atoms with Crippen LogP contribution in [0.2, 0.25) is 0 Å². The number of allylic oxidation sites excluding steroid dienone is 1. The van der Waals surface area contributed by atoms with Gasteiger partial charge in [-0.1, -0.05) is 106 Å². The molecule has 0 spiro atoms. The Morgan fingerprint density at radius 2 is 1.41 bits per heavy atom. The van der Waals surface area contributed by atoms with Gasteiger partial charge >= 0.3 is 0 Å². The quantitative estimate of drug-likeness (QED) is 0.401. The molecule has 0 unspecified atom stereocenters. The van der Waals surface area contributed by atoms with Crippen molar-refractivity contribution in [3.63, 3.8) is 0 Å². The van der Waals surface area contributed by atoms with E-state index in [4.69, 9.17) is 0 Å². The molecule has 0 aliphatic heterocycles. The first-order chi connectivity index (χ1) is 10.9. The maximum Gasteiger partial charge on any atom is -0.0112 e. The summed E-state index contributed by atoms with van der Waals surface area (Å²) in [6.07, 6.45) is 17.0. The Balaban J connectivity index is 1.67. The largest absolute Gasteiger partial charge is 0.0839 e. The van der Waals surface area contributed by atoms with Gasteiger partial charge in [-0.2, -0.15) is 0 Å². The molecule has 0 nitrogen and oxygen atoms in total. The molecule has 0 saturated carbocycles. The van der Waals surface area contributed by atoms with Crippen LogP contribution in [0.4, 0.5) is 0 Å². The van der Waals surface area contributed by atoms with E-state index in [1.54, 1.807) is 0 Å². The molecule has 0 N–H and O–H groups in total. The fraction of sp³-hybridized carbons (Fsp3) is 0.455. The van der Waals surface area contributed by atoms with E-state index in [-0.39, 0.29) is 0 Å². The minimum absolute atomic E-state index is 1.21. The molecule has 0 saturated heterocycles. The van der Waals surface area contributed by atoms with Gasteiger partial charge in [-0.05, 0) is 29.2 Å². The van der Waals surface area contributed by atoms with Crippen molar-refractivity contribution in [2.45, 2.75) is 64.7 Å². The van der Waals surface area contributed by atoms with Crippen LogP contribution in [0.3, 0.4) is 0 Å². The Bertz CT molecular complexity index is 560. The summed E-state index contributed by atoms with van der Waals surface area (Å²) in [5.41, 5.74) is 1.35. The van der Waals surface area contributed by atoms with Gasteiger partial charge in [0.05, 0.1) is 0 Å². The normalized spacial score (nSPS) is 11.5. The third-order valence-corrected chi connectivity index (χ3v) is 4.35. The third kappa shape index (κ3) is 5.67. The topological polar surface area (TPSA) is 0 Å². The molecule has 0 bridgehead atoms. The fourth-order valence-corrected chi connectivity index (χ4v) is 3.00. The van der Waals surface area contributed by atoms with Crippen molar-refractivity contribution in [1.82, 2.24) is 0 Å². The summed E-state index contributed by atoms with van der Waals surface area (Å²) >= 11 is 0. The number of hydrogen-bond donors (Lipinski definition) is 0. The molecule has 0 radical (unpaired) electrons. The van der Waals surface area contributed by atoms with Crippen LogP contribution in [0.25, 0.3) is 16.8 Å². The molecule has 0 heterocycles. The number of hydrogen-bond acceptors (Lipinski definition) is 0. The van der Waals surface area contributed by atoms with Gasteiger partial charge in [0.15, 0.2) is 0 Å². The van der Waals surface area contributed by atoms with Gasteiger partial charge in [0.2, 0.25) is 0 Å². The monoisotopic (exact) mass is 294 g/mol. The minimum atomic E-state index is 1.21. The summed E-state index contributed by atoms with van der Waals surface area (Å²) in [6.45, 7) is 2.28. The van der Waals surface area contributed by atoms with Crippen molar-refractivity contribution in [3.05, 3.63) is 54.1 Å². The van der Waals surface area contributed by atoms with Gasteiger partial charge in [-0.15, -0.1) is 0 Å². The van der Waals surface area contributed by atoms with Crippen LogP contribution in [-0.4, -0.2) is 0 Å². The second-order valence-electron chi connectivity index (χ2n) is 6.23. The first-order valence-corrected chi connectivity index (χ1v) is 9.06. The van der Waals surface area contributed by atoms with Crippen molar-refractivity contribution in [2.75, 3.05) is 0 Å². The lowest BCUT2D eigenvalue weighted by atomic mass is 10.0. The Hall–Kier alpha value is -1.56. The van der Waals surface area contributed by atoms with Crippen LogP contribution >= 0.6 is 0 Å². The zero-order valence-electron chi connectivity index (χ0n) is 14.1. The average molecular weight is 294 g/mol. The molecule has 0 atom stereocenters. The van der Waals surface area contributed by atoms with Gasteiger partial charge in [0.1, 0.15) is 0 Å². The van der Waals surface area contributed by atoms with Crippen LogP contribution < -0.4 is 0 Å². The number of benzene rings is 2. The first kappa shape index (κ1) is 16.8. The van der Waals surface area contributed by atoms with Crippen LogP contribution in [0, 0.1) is 0 Å². The van der Waals surface area contributed by atoms with Crippen molar-refractivity contribution in [3.8, 4) is 0 Å². The van der Waals surface area contributed by atoms with Gasteiger partial charge in [0.25, 0.3) is 0 Å². The van der Waals surface area contributed by atoms with Gasteiger partial charge < -0.3 is 0 Å². The molecule has 0 fully saturated rings. The molecule has 0 heteroatoms. The fourth-order valence-electron chi connectivity index (χ4n) is 3.00. The molecule has 2 aromatic rings. The zero-order chi connectivity index (χ0) is 15.5. The summed E-state index contributed by atoms with van der Waals surface area (Å²) < 4.78 is 0. The van der Waals surface area contributed by atoms with Crippen molar-refractivity contribution in [2.24, 2.45) is 0 Å². The Labute approximate surface area is 136 Å². The van der Waals surface area contributed by atoms with Crippen LogP contribution in [-0.2, 0) is 0 Å². The second kappa shape index (κ2) is 10.2. The number of fused-ring (bicyclic) bond motifs is 1. The smallest absolute Gasteiger partial charge is 0.0112 e. The lowest BCUT2D eigenvalue weighted by Gasteiger charge is -2.02. The standard InChI is InChI=1S/C22H30/c1-2-3-4-5-6-7-8-9-10-11-15-20-17-14-18-21-16-12-13-19-22(20)21/h11-19H,2-10H2,1H3/b15-11+. The molecule has 2 rings (SSSR count). The van der Waals surface area contributed by atoms with Crippen LogP contribution in [0.5, 0.6) is 0 Å². The SMILES string of the molecule is CCCCCCCCCC/C=C/c1cccc2ccccc12. The number of rotatable bonds is 10. The molecule has 118 valence electrons. The highest BCUT2D eigenvalue weighted by atomic mass is 14.0. The summed E-state index contributed by atoms with van der Waals surface area (Å²) in [5, 5.41) is 2.69. The summed E-state index contributed by atoms with van der Waals surface area (Å²) in [5.74, 6) is 0. The highest BCUT2D eigenvalue weighted by molar-refractivity contribution is 5.90. The number of unbranched alkanes of at least 4 members (excludes halogenated alkanes) is 8. The molecular weight excluding hydrogens is 264 g/mol. The predicted molar refractivity (Wildman–Crippen MR) is 100 cm³/mol. The van der Waals surface area contributed by atoms with Crippen molar-refractivity contribution >= 4 is 16.8 Å². The first-order valence-electron chi connectivity index (χ1n) is 9.06. The van der Waals surface area contributed by atoms with E-state index < -0.39 is 0 Å². The maximum absolute atomic E-state index is 2.35. The van der Waals surface area contributed by atoms with Crippen LogP contribution in [0.1, 0.15) is 70.3 Å². The molecule has 22 heavy (non-hydrogen) atoms. The summed E-state index contributed by atoms with van der Waals surface area (Å²) in [7, 11) is 0. The van der Waals surface area contributed by atoms with Gasteiger partial charge in [-0.25, -0.2) is 0 Å². The molecular formula is C22H30. The summed E-state index contributed by atoms with van der Waals surface area (Å²) in [6, 6.07) is 15.2. The highest BCUT2D eigenvalue weighted by Crippen LogP contribution is 2.20. The predicted octanol–water partition coefficient (Wildman–Crippen LogP) is 7.38. The lowest BCUT2D eigenvalue weighted by Crippen LogP contribution is -1.80. The summed E-state index contributed by atoms with van der Waals surface area (Å²) in [4.78, 5) is 0. The zero-order valence-corrected chi connectivity index (χ0v) is 14.1. The van der Waals surface area contributed by atoms with Crippen molar-refractivity contribution < 1.29 is 0 Å². The lowest BCUT2D eigenvalue weighted by molar-refractivity contribution is 0.578. The third-order valence-electron chi connectivity index (χ3n) is 4.35. The molecule has 0 aromatic heterocycles. The molecule has 2 aromatic carbocycles. The molecule has 0 amide bonds. The van der Waals surface area contributed by atoms with E-state index in [1.165, 1.54) is 74.1 Å². The van der Waals surface area contributed by atoms with E-state index in [0.717, 1.165) is 0 Å². The van der Waals surface area contributed by atoms with E-state index in [1.807, 2.05) is 0 Å². The van der Waals surface area contributed by atoms with E-state index >= 15 is 0 Å². The van der Waals surface area contributed by atoms with Crippen LogP contribution in [0.15, 0.2) is 48.5 Å². The molecule has 0 aliphatic carbocycles. The minimum Gasteiger partial charge on any atom is -0.0839 e. The Kier molecular flexibility index (Phi) is 7.80. The van der Waals surface area contributed by atoms with Crippen molar-refractivity contribution in [1.29, 1.82) is 0 Å². The van der Waals surface area contributed by atoms with E-state index in [0.29, 0.717) is 0 Å². The molecule has 0 aliphatic rings. The van der Waals surface area contributed by atoms with E-state index in [2.05, 4.69) is 61.5 Å². The van der Waals surface area contributed by atoms with Gasteiger partial charge in [0, 0.05) is 0 Å². The second-order valence-corrected chi connectivity index (χ2v) is 6.23. The van der Waals surface area contributed by atoms with E-state index in [9.17, 15) is 0 Å². The Morgan fingerprint density at radius 1 is 0.727 bits per heavy atom. The highest BCUT2D eigenvalue weighted by Gasteiger charge is 1.96. The maximum atomic E-state index is 2.35. The Morgan fingerprint density at radius 3 is 2.23 bits per heavy atom.